The maximum absolute atomic E-state index is 13.1. The molecule has 4 rings (SSSR count). The van der Waals surface area contributed by atoms with E-state index in [1.807, 2.05) is 0 Å². The summed E-state index contributed by atoms with van der Waals surface area (Å²) in [6, 6.07) is 4.75. The number of hydrogen-bond donors (Lipinski definition) is 0. The van der Waals surface area contributed by atoms with Gasteiger partial charge in [-0.05, 0) is 63.1 Å². The number of allylic oxidation sites excluding steroid dienone is 2. The van der Waals surface area contributed by atoms with Crippen LogP contribution >= 0.6 is 0 Å². The minimum absolute atomic E-state index is 0.0870. The Morgan fingerprint density at radius 2 is 1.73 bits per heavy atom. The summed E-state index contributed by atoms with van der Waals surface area (Å²) in [5.41, 5.74) is 1.41. The molecule has 1 unspecified atom stereocenters. The first-order valence-electron chi connectivity index (χ1n) is 10.4. The summed E-state index contributed by atoms with van der Waals surface area (Å²) in [6.07, 6.45) is 0.710. The second kappa shape index (κ2) is 8.00. The molecule has 0 radical (unpaired) electrons. The number of aliphatic imine (C=N–C) groups is 1. The van der Waals surface area contributed by atoms with Crippen molar-refractivity contribution in [2.75, 3.05) is 0 Å². The Labute approximate surface area is 173 Å². The van der Waals surface area contributed by atoms with Crippen LogP contribution < -0.4 is 0 Å². The lowest BCUT2D eigenvalue weighted by molar-refractivity contribution is -0.151. The number of carbonyl (C=O) groups is 2. The predicted octanol–water partition coefficient (Wildman–Crippen LogP) is 5.37. The standard InChI is InChI=1S/C23H24F3NO3/c1-13-19(22(29)30-16-5-2-3-6-16)20(21-17(27-13)7-4-8-18(21)28)14-9-11-15(12-10-14)23(24,25)26/h9-12,16,19-20H,2-8H2,1H3/t19?,20-/m0/s1. The quantitative estimate of drug-likeness (QED) is 0.619. The molecule has 1 aliphatic heterocycles. The third-order valence-corrected chi connectivity index (χ3v) is 6.27. The molecule has 1 fully saturated rings. The van der Waals surface area contributed by atoms with E-state index in [0.29, 0.717) is 41.8 Å². The summed E-state index contributed by atoms with van der Waals surface area (Å²) in [5, 5.41) is 0. The first-order chi connectivity index (χ1) is 14.3. The van der Waals surface area contributed by atoms with Gasteiger partial charge in [-0.3, -0.25) is 14.6 Å². The summed E-state index contributed by atoms with van der Waals surface area (Å²) >= 11 is 0. The molecule has 0 N–H and O–H groups in total. The number of Topliss-reactive ketones (excluding diaryl/α,β-unsaturated/α-hetero) is 1. The lowest BCUT2D eigenvalue weighted by Crippen LogP contribution is -2.38. The highest BCUT2D eigenvalue weighted by atomic mass is 19.4. The number of esters is 1. The Kier molecular flexibility index (Phi) is 5.55. The molecular weight excluding hydrogens is 395 g/mol. The molecule has 0 aromatic heterocycles. The zero-order valence-electron chi connectivity index (χ0n) is 16.8. The highest BCUT2D eigenvalue weighted by Crippen LogP contribution is 2.44. The fraction of sp³-hybridized carbons (Fsp3) is 0.522. The van der Waals surface area contributed by atoms with E-state index in [0.717, 1.165) is 37.8 Å². The number of hydrogen-bond acceptors (Lipinski definition) is 4. The molecule has 2 aliphatic carbocycles. The number of halogens is 3. The second-order valence-corrected chi connectivity index (χ2v) is 8.31. The summed E-state index contributed by atoms with van der Waals surface area (Å²) in [7, 11) is 0. The van der Waals surface area contributed by atoms with E-state index in [1.54, 1.807) is 6.92 Å². The summed E-state index contributed by atoms with van der Waals surface area (Å²) in [6.45, 7) is 1.74. The highest BCUT2D eigenvalue weighted by molar-refractivity contribution is 6.08. The maximum atomic E-state index is 13.1. The van der Waals surface area contributed by atoms with Gasteiger partial charge in [-0.2, -0.15) is 13.2 Å². The van der Waals surface area contributed by atoms with Crippen molar-refractivity contribution < 1.29 is 27.5 Å². The second-order valence-electron chi connectivity index (χ2n) is 8.31. The van der Waals surface area contributed by atoms with Crippen molar-refractivity contribution >= 4 is 17.5 Å². The van der Waals surface area contributed by atoms with Crippen LogP contribution in [-0.4, -0.2) is 23.6 Å². The average molecular weight is 419 g/mol. The molecule has 1 aromatic rings. The maximum Gasteiger partial charge on any atom is 0.416 e. The number of alkyl halides is 3. The van der Waals surface area contributed by atoms with Crippen molar-refractivity contribution in [2.45, 2.75) is 70.1 Å². The third kappa shape index (κ3) is 3.94. The molecule has 2 atom stereocenters. The number of benzene rings is 1. The van der Waals surface area contributed by atoms with Gasteiger partial charge in [0.15, 0.2) is 5.78 Å². The Bertz CT molecular complexity index is 909. The minimum Gasteiger partial charge on any atom is -0.462 e. The van der Waals surface area contributed by atoms with Crippen LogP contribution in [0.5, 0.6) is 0 Å². The molecule has 1 saturated carbocycles. The fourth-order valence-corrected chi connectivity index (χ4v) is 4.79. The Morgan fingerprint density at radius 1 is 1.07 bits per heavy atom. The van der Waals surface area contributed by atoms with E-state index in [4.69, 9.17) is 4.74 Å². The zero-order chi connectivity index (χ0) is 21.5. The van der Waals surface area contributed by atoms with E-state index >= 15 is 0 Å². The molecule has 1 heterocycles. The molecule has 0 bridgehead atoms. The summed E-state index contributed by atoms with van der Waals surface area (Å²) in [5.74, 6) is -2.00. The van der Waals surface area contributed by atoms with E-state index in [9.17, 15) is 22.8 Å². The van der Waals surface area contributed by atoms with Crippen molar-refractivity contribution in [2.24, 2.45) is 10.9 Å². The Balaban J connectivity index is 1.74. The van der Waals surface area contributed by atoms with Crippen LogP contribution in [0.4, 0.5) is 13.2 Å². The van der Waals surface area contributed by atoms with Gasteiger partial charge in [0.1, 0.15) is 12.0 Å². The number of rotatable bonds is 3. The number of ether oxygens (including phenoxy) is 1. The van der Waals surface area contributed by atoms with Gasteiger partial charge in [0.25, 0.3) is 0 Å². The topological polar surface area (TPSA) is 55.7 Å². The van der Waals surface area contributed by atoms with Crippen LogP contribution in [0, 0.1) is 5.92 Å². The normalized spacial score (nSPS) is 25.2. The van der Waals surface area contributed by atoms with Gasteiger partial charge in [-0.1, -0.05) is 12.1 Å². The molecule has 30 heavy (non-hydrogen) atoms. The molecule has 0 amide bonds. The lowest BCUT2D eigenvalue weighted by Gasteiger charge is -2.35. The van der Waals surface area contributed by atoms with Crippen molar-refractivity contribution in [3.8, 4) is 0 Å². The average Bonchev–Trinajstić information content (AvgIpc) is 3.19. The lowest BCUT2D eigenvalue weighted by atomic mass is 9.71. The largest absolute Gasteiger partial charge is 0.462 e. The van der Waals surface area contributed by atoms with Gasteiger partial charge in [0.05, 0.1) is 5.56 Å². The van der Waals surface area contributed by atoms with E-state index in [2.05, 4.69) is 4.99 Å². The molecular formula is C23H24F3NO3. The van der Waals surface area contributed by atoms with Crippen LogP contribution in [0.1, 0.15) is 68.9 Å². The minimum atomic E-state index is -4.45. The molecule has 4 nitrogen and oxygen atoms in total. The predicted molar refractivity (Wildman–Crippen MR) is 105 cm³/mol. The van der Waals surface area contributed by atoms with Gasteiger partial charge in [0, 0.05) is 29.3 Å². The van der Waals surface area contributed by atoms with Gasteiger partial charge >= 0.3 is 12.1 Å². The van der Waals surface area contributed by atoms with Gasteiger partial charge in [-0.25, -0.2) is 0 Å². The first-order valence-corrected chi connectivity index (χ1v) is 10.4. The Hall–Kier alpha value is -2.44. The third-order valence-electron chi connectivity index (χ3n) is 6.27. The molecule has 3 aliphatic rings. The van der Waals surface area contributed by atoms with Crippen molar-refractivity contribution in [1.29, 1.82) is 0 Å². The van der Waals surface area contributed by atoms with Crippen molar-refractivity contribution in [1.82, 2.24) is 0 Å². The van der Waals surface area contributed by atoms with E-state index in [-0.39, 0.29) is 11.9 Å². The highest BCUT2D eigenvalue weighted by Gasteiger charge is 2.44. The first kappa shape index (κ1) is 20.8. The van der Waals surface area contributed by atoms with Crippen LogP contribution in [0.25, 0.3) is 0 Å². The molecule has 0 spiro atoms. The van der Waals surface area contributed by atoms with Crippen LogP contribution in [0.15, 0.2) is 40.5 Å². The van der Waals surface area contributed by atoms with Crippen LogP contribution in [0.2, 0.25) is 0 Å². The fourth-order valence-electron chi connectivity index (χ4n) is 4.79. The van der Waals surface area contributed by atoms with Gasteiger partial charge in [0.2, 0.25) is 0 Å². The Morgan fingerprint density at radius 3 is 2.37 bits per heavy atom. The number of carbonyl (C=O) groups excluding carboxylic acids is 2. The monoisotopic (exact) mass is 419 g/mol. The SMILES string of the molecule is CC1=NC2=C(C(=O)CCC2)[C@@H](c2ccc(C(F)(F)F)cc2)C1C(=O)OC1CCCC1. The number of nitrogens with zero attached hydrogens (tertiary/aromatic N) is 1. The summed E-state index contributed by atoms with van der Waals surface area (Å²) in [4.78, 5) is 30.5. The zero-order valence-corrected chi connectivity index (χ0v) is 16.8. The molecule has 7 heteroatoms. The molecule has 1 aromatic carbocycles. The van der Waals surface area contributed by atoms with E-state index in [1.165, 1.54) is 12.1 Å². The smallest absolute Gasteiger partial charge is 0.416 e. The molecule has 160 valence electrons. The van der Waals surface area contributed by atoms with Crippen molar-refractivity contribution in [3.05, 3.63) is 46.7 Å². The van der Waals surface area contributed by atoms with E-state index < -0.39 is 29.5 Å². The molecule has 0 saturated heterocycles. The summed E-state index contributed by atoms with van der Waals surface area (Å²) < 4.78 is 44.8. The van der Waals surface area contributed by atoms with Crippen molar-refractivity contribution in [3.63, 3.8) is 0 Å². The van der Waals surface area contributed by atoms with Gasteiger partial charge < -0.3 is 4.74 Å². The number of ketones is 1. The van der Waals surface area contributed by atoms with Gasteiger partial charge in [-0.15, -0.1) is 0 Å². The van der Waals surface area contributed by atoms with Crippen LogP contribution in [-0.2, 0) is 20.5 Å². The van der Waals surface area contributed by atoms with Crippen LogP contribution in [0.3, 0.4) is 0 Å².